The van der Waals surface area contributed by atoms with Crippen LogP contribution in [0.2, 0.25) is 0 Å². The van der Waals surface area contributed by atoms with Crippen molar-refractivity contribution in [1.29, 1.82) is 0 Å². The normalized spacial score (nSPS) is 24.3. The van der Waals surface area contributed by atoms with E-state index in [1.165, 1.54) is 0 Å². The molecule has 1 fully saturated rings. The van der Waals surface area contributed by atoms with Crippen LogP contribution in [0.15, 0.2) is 24.3 Å². The Morgan fingerprint density at radius 1 is 1.50 bits per heavy atom. The van der Waals surface area contributed by atoms with E-state index in [4.69, 9.17) is 9.47 Å². The van der Waals surface area contributed by atoms with Crippen LogP contribution < -0.4 is 10.1 Å². The molecule has 1 aliphatic rings. The van der Waals surface area contributed by atoms with E-state index in [2.05, 4.69) is 5.32 Å². The highest BCUT2D eigenvalue weighted by Gasteiger charge is 2.23. The summed E-state index contributed by atoms with van der Waals surface area (Å²) in [6.07, 6.45) is 1.22. The first-order chi connectivity index (χ1) is 7.81. The van der Waals surface area contributed by atoms with Gasteiger partial charge in [0.05, 0.1) is 7.11 Å². The molecule has 0 aromatic heterocycles. The van der Waals surface area contributed by atoms with Crippen LogP contribution >= 0.6 is 0 Å². The Labute approximate surface area is 94.6 Å². The van der Waals surface area contributed by atoms with Gasteiger partial charge in [0.25, 0.3) is 0 Å². The SMILES string of the molecule is COc1ccc(CC2NCC(C=O)O2)cc1. The number of hydrogen-bond donors (Lipinski definition) is 1. The lowest BCUT2D eigenvalue weighted by atomic mass is 10.1. The molecule has 1 N–H and O–H groups in total. The minimum Gasteiger partial charge on any atom is -0.497 e. The Morgan fingerprint density at radius 3 is 2.81 bits per heavy atom. The summed E-state index contributed by atoms with van der Waals surface area (Å²) in [4.78, 5) is 10.5. The van der Waals surface area contributed by atoms with E-state index in [0.717, 1.165) is 24.0 Å². The third-order valence-corrected chi connectivity index (χ3v) is 2.62. The van der Waals surface area contributed by atoms with Crippen molar-refractivity contribution in [3.63, 3.8) is 0 Å². The number of carbonyl (C=O) groups excluding carboxylic acids is 1. The van der Waals surface area contributed by atoms with E-state index in [1.54, 1.807) is 7.11 Å². The van der Waals surface area contributed by atoms with E-state index < -0.39 is 0 Å². The Bertz CT molecular complexity index is 350. The lowest BCUT2D eigenvalue weighted by Gasteiger charge is -2.10. The summed E-state index contributed by atoms with van der Waals surface area (Å²) in [5.41, 5.74) is 1.16. The molecular weight excluding hydrogens is 206 g/mol. The van der Waals surface area contributed by atoms with Gasteiger partial charge in [-0.05, 0) is 17.7 Å². The molecule has 1 aromatic carbocycles. The topological polar surface area (TPSA) is 47.6 Å². The molecule has 2 unspecified atom stereocenters. The number of carbonyl (C=O) groups is 1. The van der Waals surface area contributed by atoms with E-state index in [0.29, 0.717) is 6.54 Å². The van der Waals surface area contributed by atoms with Gasteiger partial charge in [0.2, 0.25) is 0 Å². The van der Waals surface area contributed by atoms with Crippen molar-refractivity contribution in [2.24, 2.45) is 0 Å². The minimum absolute atomic E-state index is 0.0661. The highest BCUT2D eigenvalue weighted by Crippen LogP contribution is 2.14. The second-order valence-electron chi connectivity index (χ2n) is 3.76. The van der Waals surface area contributed by atoms with E-state index in [9.17, 15) is 4.79 Å². The first kappa shape index (κ1) is 11.1. The fourth-order valence-corrected chi connectivity index (χ4v) is 1.73. The van der Waals surface area contributed by atoms with Gasteiger partial charge < -0.3 is 14.3 Å². The maximum Gasteiger partial charge on any atom is 0.150 e. The van der Waals surface area contributed by atoms with E-state index >= 15 is 0 Å². The largest absolute Gasteiger partial charge is 0.497 e. The molecule has 0 radical (unpaired) electrons. The summed E-state index contributed by atoms with van der Waals surface area (Å²) in [6, 6.07) is 7.83. The van der Waals surface area contributed by atoms with Crippen molar-refractivity contribution in [1.82, 2.24) is 5.32 Å². The number of methoxy groups -OCH3 is 1. The molecule has 4 nitrogen and oxygen atoms in total. The van der Waals surface area contributed by atoms with Crippen LogP contribution in [0, 0.1) is 0 Å². The van der Waals surface area contributed by atoms with Crippen molar-refractivity contribution in [2.75, 3.05) is 13.7 Å². The first-order valence-electron chi connectivity index (χ1n) is 5.29. The van der Waals surface area contributed by atoms with Crippen LogP contribution in [-0.2, 0) is 16.0 Å². The Morgan fingerprint density at radius 2 is 2.25 bits per heavy atom. The summed E-state index contributed by atoms with van der Waals surface area (Å²) >= 11 is 0. The smallest absolute Gasteiger partial charge is 0.150 e. The minimum atomic E-state index is -0.303. The first-order valence-corrected chi connectivity index (χ1v) is 5.29. The Kier molecular flexibility index (Phi) is 3.54. The van der Waals surface area contributed by atoms with Gasteiger partial charge in [-0.15, -0.1) is 0 Å². The predicted molar refractivity (Wildman–Crippen MR) is 59.4 cm³/mol. The van der Waals surface area contributed by atoms with Gasteiger partial charge in [-0.1, -0.05) is 12.1 Å². The average Bonchev–Trinajstić information content (AvgIpc) is 2.78. The molecule has 0 aliphatic carbocycles. The van der Waals surface area contributed by atoms with Crippen molar-refractivity contribution >= 4 is 6.29 Å². The standard InChI is InChI=1S/C12H15NO3/c1-15-10-4-2-9(3-5-10)6-12-13-7-11(8-14)16-12/h2-5,8,11-13H,6-7H2,1H3. The molecule has 0 saturated carbocycles. The highest BCUT2D eigenvalue weighted by atomic mass is 16.5. The molecule has 1 heterocycles. The molecule has 0 bridgehead atoms. The molecule has 2 rings (SSSR count). The number of benzene rings is 1. The van der Waals surface area contributed by atoms with E-state index in [1.807, 2.05) is 24.3 Å². The number of nitrogens with one attached hydrogen (secondary N) is 1. The van der Waals surface area contributed by atoms with Gasteiger partial charge in [0.15, 0.2) is 0 Å². The lowest BCUT2D eigenvalue weighted by molar-refractivity contribution is -0.116. The highest BCUT2D eigenvalue weighted by molar-refractivity contribution is 5.56. The fraction of sp³-hybridized carbons (Fsp3) is 0.417. The third kappa shape index (κ3) is 2.59. The molecule has 1 aliphatic heterocycles. The average molecular weight is 221 g/mol. The third-order valence-electron chi connectivity index (χ3n) is 2.62. The zero-order chi connectivity index (χ0) is 11.4. The molecule has 16 heavy (non-hydrogen) atoms. The van der Waals surface area contributed by atoms with Gasteiger partial charge in [-0.2, -0.15) is 0 Å². The van der Waals surface area contributed by atoms with Crippen LogP contribution in [0.3, 0.4) is 0 Å². The van der Waals surface area contributed by atoms with Gasteiger partial charge in [-0.3, -0.25) is 5.32 Å². The van der Waals surface area contributed by atoms with Crippen LogP contribution in [0.5, 0.6) is 5.75 Å². The van der Waals surface area contributed by atoms with Crippen LogP contribution in [0.4, 0.5) is 0 Å². The lowest BCUT2D eigenvalue weighted by Crippen LogP contribution is -2.24. The van der Waals surface area contributed by atoms with Gasteiger partial charge in [0.1, 0.15) is 24.4 Å². The molecule has 1 saturated heterocycles. The van der Waals surface area contributed by atoms with Crippen molar-refractivity contribution in [3.05, 3.63) is 29.8 Å². The van der Waals surface area contributed by atoms with Gasteiger partial charge >= 0.3 is 0 Å². The quantitative estimate of drug-likeness (QED) is 0.762. The monoisotopic (exact) mass is 221 g/mol. The maximum absolute atomic E-state index is 10.5. The molecule has 0 amide bonds. The van der Waals surface area contributed by atoms with Crippen molar-refractivity contribution < 1.29 is 14.3 Å². The number of aldehydes is 1. The summed E-state index contributed by atoms with van der Waals surface area (Å²) in [6.45, 7) is 0.602. The van der Waals surface area contributed by atoms with Gasteiger partial charge in [-0.25, -0.2) is 0 Å². The number of rotatable bonds is 4. The number of hydrogen-bond acceptors (Lipinski definition) is 4. The molecule has 4 heteroatoms. The second kappa shape index (κ2) is 5.09. The fourth-order valence-electron chi connectivity index (χ4n) is 1.73. The summed E-state index contributed by atoms with van der Waals surface area (Å²) in [5.74, 6) is 0.842. The zero-order valence-corrected chi connectivity index (χ0v) is 9.18. The second-order valence-corrected chi connectivity index (χ2v) is 3.76. The summed E-state index contributed by atoms with van der Waals surface area (Å²) < 4.78 is 10.5. The van der Waals surface area contributed by atoms with Crippen LogP contribution in [-0.4, -0.2) is 32.3 Å². The molecule has 86 valence electrons. The number of ether oxygens (including phenoxy) is 2. The maximum atomic E-state index is 10.5. The predicted octanol–water partition coefficient (Wildman–Crippen LogP) is 0.751. The van der Waals surface area contributed by atoms with Crippen LogP contribution in [0.25, 0.3) is 0 Å². The Hall–Kier alpha value is -1.39. The van der Waals surface area contributed by atoms with Crippen molar-refractivity contribution in [3.8, 4) is 5.75 Å². The van der Waals surface area contributed by atoms with Crippen molar-refractivity contribution in [2.45, 2.75) is 18.8 Å². The summed E-state index contributed by atoms with van der Waals surface area (Å²) in [5, 5.41) is 3.15. The van der Waals surface area contributed by atoms with Gasteiger partial charge in [0, 0.05) is 13.0 Å². The molecular formula is C12H15NO3. The van der Waals surface area contributed by atoms with Crippen LogP contribution in [0.1, 0.15) is 5.56 Å². The molecule has 2 atom stereocenters. The molecule has 0 spiro atoms. The zero-order valence-electron chi connectivity index (χ0n) is 9.18. The summed E-state index contributed by atoms with van der Waals surface area (Å²) in [7, 11) is 1.64. The Balaban J connectivity index is 1.91. The van der Waals surface area contributed by atoms with E-state index in [-0.39, 0.29) is 12.3 Å². The molecule has 1 aromatic rings.